The molecule has 6 heteroatoms. The lowest BCUT2D eigenvalue weighted by Gasteiger charge is -2.42. The number of hydrogen-bond acceptors (Lipinski definition) is 4. The Hall–Kier alpha value is -1.14. The second-order valence-electron chi connectivity index (χ2n) is 6.20. The summed E-state index contributed by atoms with van der Waals surface area (Å²) in [4.78, 5) is 28.4. The van der Waals surface area contributed by atoms with Crippen molar-refractivity contribution in [1.29, 1.82) is 0 Å². The van der Waals surface area contributed by atoms with E-state index in [1.165, 1.54) is 0 Å². The maximum absolute atomic E-state index is 12.5. The summed E-state index contributed by atoms with van der Waals surface area (Å²) >= 11 is 0. The van der Waals surface area contributed by atoms with Crippen LogP contribution in [0.1, 0.15) is 32.1 Å². The number of piperidine rings is 1. The highest BCUT2D eigenvalue weighted by Crippen LogP contribution is 2.21. The van der Waals surface area contributed by atoms with Crippen molar-refractivity contribution in [2.45, 2.75) is 44.2 Å². The van der Waals surface area contributed by atoms with Crippen LogP contribution < -0.4 is 5.32 Å². The number of carbonyl (C=O) groups is 2. The molecule has 3 heterocycles. The summed E-state index contributed by atoms with van der Waals surface area (Å²) in [5, 5.41) is 3.10. The number of piperazine rings is 1. The summed E-state index contributed by atoms with van der Waals surface area (Å²) in [6.45, 7) is 4.20. The van der Waals surface area contributed by atoms with E-state index in [-0.39, 0.29) is 24.0 Å². The molecular weight excluding hydrogens is 270 g/mol. The van der Waals surface area contributed by atoms with Crippen LogP contribution in [-0.4, -0.2) is 73.1 Å². The number of likely N-dealkylation sites (tertiary alicyclic amines) is 1. The van der Waals surface area contributed by atoms with E-state index in [2.05, 4.69) is 5.32 Å². The molecule has 0 bridgehead atoms. The maximum atomic E-state index is 12.5. The van der Waals surface area contributed by atoms with Gasteiger partial charge in [0.25, 0.3) is 5.91 Å². The Bertz CT molecular complexity index is 396. The van der Waals surface area contributed by atoms with Gasteiger partial charge in [0.2, 0.25) is 5.91 Å². The molecule has 0 aromatic carbocycles. The minimum Gasteiger partial charge on any atom is -0.368 e. The first-order valence-electron chi connectivity index (χ1n) is 8.16. The number of ether oxygens (including phenoxy) is 1. The fraction of sp³-hybridized carbons (Fsp3) is 0.867. The molecule has 0 saturated carbocycles. The van der Waals surface area contributed by atoms with Crippen molar-refractivity contribution in [3.8, 4) is 0 Å². The van der Waals surface area contributed by atoms with Crippen molar-refractivity contribution in [1.82, 2.24) is 15.1 Å². The van der Waals surface area contributed by atoms with Crippen molar-refractivity contribution >= 4 is 11.8 Å². The quantitative estimate of drug-likeness (QED) is 0.778. The van der Waals surface area contributed by atoms with Gasteiger partial charge in [0.15, 0.2) is 0 Å². The predicted molar refractivity (Wildman–Crippen MR) is 77.8 cm³/mol. The first-order valence-corrected chi connectivity index (χ1v) is 8.16. The number of carbonyl (C=O) groups excluding carboxylic acids is 2. The molecule has 3 aliphatic heterocycles. The lowest BCUT2D eigenvalue weighted by molar-refractivity contribution is -0.150. The summed E-state index contributed by atoms with van der Waals surface area (Å²) in [6.07, 6.45) is 4.69. The Labute approximate surface area is 125 Å². The largest absolute Gasteiger partial charge is 0.368 e. The van der Waals surface area contributed by atoms with Gasteiger partial charge < -0.3 is 19.9 Å². The molecule has 0 spiro atoms. The standard InChI is InChI=1S/C15H25N3O3/c19-14-10-16-6-8-18(14)12-4-3-7-17(11-12)15(20)13-5-1-2-9-21-13/h12-13,16H,1-11H2. The van der Waals surface area contributed by atoms with Gasteiger partial charge in [-0.05, 0) is 32.1 Å². The maximum Gasteiger partial charge on any atom is 0.251 e. The monoisotopic (exact) mass is 295 g/mol. The molecule has 2 amide bonds. The molecule has 3 aliphatic rings. The second kappa shape index (κ2) is 6.75. The molecule has 21 heavy (non-hydrogen) atoms. The molecule has 0 aliphatic carbocycles. The Balaban J connectivity index is 1.59. The number of amides is 2. The minimum absolute atomic E-state index is 0.127. The van der Waals surface area contributed by atoms with Gasteiger partial charge in [0, 0.05) is 38.8 Å². The van der Waals surface area contributed by atoms with Crippen LogP contribution in [0.5, 0.6) is 0 Å². The molecule has 3 fully saturated rings. The van der Waals surface area contributed by atoms with Gasteiger partial charge in [0.1, 0.15) is 6.10 Å². The van der Waals surface area contributed by atoms with Crippen LogP contribution in [0, 0.1) is 0 Å². The summed E-state index contributed by atoms with van der Waals surface area (Å²) in [7, 11) is 0. The van der Waals surface area contributed by atoms with Gasteiger partial charge in [-0.1, -0.05) is 0 Å². The Kier molecular flexibility index (Phi) is 4.75. The molecule has 0 aromatic heterocycles. The van der Waals surface area contributed by atoms with Crippen LogP contribution in [0.25, 0.3) is 0 Å². The van der Waals surface area contributed by atoms with E-state index in [0.29, 0.717) is 19.7 Å². The highest BCUT2D eigenvalue weighted by atomic mass is 16.5. The van der Waals surface area contributed by atoms with Crippen LogP contribution in [-0.2, 0) is 14.3 Å². The van der Waals surface area contributed by atoms with Crippen LogP contribution in [0.4, 0.5) is 0 Å². The van der Waals surface area contributed by atoms with E-state index in [0.717, 1.165) is 51.7 Å². The number of nitrogens with zero attached hydrogens (tertiary/aromatic N) is 2. The van der Waals surface area contributed by atoms with Crippen LogP contribution in [0.15, 0.2) is 0 Å². The van der Waals surface area contributed by atoms with Crippen molar-refractivity contribution < 1.29 is 14.3 Å². The van der Waals surface area contributed by atoms with Crippen LogP contribution >= 0.6 is 0 Å². The molecule has 1 N–H and O–H groups in total. The lowest BCUT2D eigenvalue weighted by atomic mass is 10.0. The van der Waals surface area contributed by atoms with Gasteiger partial charge in [-0.2, -0.15) is 0 Å². The topological polar surface area (TPSA) is 61.9 Å². The smallest absolute Gasteiger partial charge is 0.251 e. The molecule has 0 radical (unpaired) electrons. The molecule has 0 aromatic rings. The van der Waals surface area contributed by atoms with Gasteiger partial charge in [-0.15, -0.1) is 0 Å². The third kappa shape index (κ3) is 3.37. The molecule has 3 rings (SSSR count). The highest BCUT2D eigenvalue weighted by Gasteiger charge is 2.34. The van der Waals surface area contributed by atoms with E-state index in [1.807, 2.05) is 9.80 Å². The predicted octanol–water partition coefficient (Wildman–Crippen LogP) is -0.0217. The Morgan fingerprint density at radius 2 is 2.10 bits per heavy atom. The molecule has 3 saturated heterocycles. The van der Waals surface area contributed by atoms with E-state index in [4.69, 9.17) is 4.74 Å². The minimum atomic E-state index is -0.253. The highest BCUT2D eigenvalue weighted by molar-refractivity contribution is 5.82. The molecular formula is C15H25N3O3. The fourth-order valence-corrected chi connectivity index (χ4v) is 3.56. The third-order valence-electron chi connectivity index (χ3n) is 4.73. The summed E-state index contributed by atoms with van der Waals surface area (Å²) < 4.78 is 5.61. The van der Waals surface area contributed by atoms with Crippen molar-refractivity contribution in [2.75, 3.05) is 39.3 Å². The average molecular weight is 295 g/mol. The SMILES string of the molecule is O=C(C1CCCCO1)N1CCCC(N2CCNCC2=O)C1. The Morgan fingerprint density at radius 3 is 2.86 bits per heavy atom. The zero-order chi connectivity index (χ0) is 14.7. The first-order chi connectivity index (χ1) is 10.3. The number of rotatable bonds is 2. The van der Waals surface area contributed by atoms with Crippen molar-refractivity contribution in [3.63, 3.8) is 0 Å². The molecule has 2 atom stereocenters. The van der Waals surface area contributed by atoms with E-state index in [1.54, 1.807) is 0 Å². The second-order valence-corrected chi connectivity index (χ2v) is 6.20. The Morgan fingerprint density at radius 1 is 1.19 bits per heavy atom. The normalized spacial score (nSPS) is 31.3. The van der Waals surface area contributed by atoms with Crippen LogP contribution in [0.3, 0.4) is 0 Å². The third-order valence-corrected chi connectivity index (χ3v) is 4.73. The van der Waals surface area contributed by atoms with Gasteiger partial charge in [-0.25, -0.2) is 0 Å². The molecule has 118 valence electrons. The average Bonchev–Trinajstić information content (AvgIpc) is 2.55. The summed E-state index contributed by atoms with van der Waals surface area (Å²) in [5.74, 6) is 0.288. The summed E-state index contributed by atoms with van der Waals surface area (Å²) in [6, 6.07) is 0.181. The van der Waals surface area contributed by atoms with Gasteiger partial charge in [-0.3, -0.25) is 9.59 Å². The lowest BCUT2D eigenvalue weighted by Crippen LogP contribution is -2.58. The van der Waals surface area contributed by atoms with E-state index >= 15 is 0 Å². The van der Waals surface area contributed by atoms with Crippen molar-refractivity contribution in [2.24, 2.45) is 0 Å². The van der Waals surface area contributed by atoms with Gasteiger partial charge >= 0.3 is 0 Å². The number of nitrogens with one attached hydrogen (secondary N) is 1. The van der Waals surface area contributed by atoms with E-state index in [9.17, 15) is 9.59 Å². The van der Waals surface area contributed by atoms with Gasteiger partial charge in [0.05, 0.1) is 6.54 Å². The summed E-state index contributed by atoms with van der Waals surface area (Å²) in [5.41, 5.74) is 0. The van der Waals surface area contributed by atoms with E-state index < -0.39 is 0 Å². The molecule has 6 nitrogen and oxygen atoms in total. The molecule has 2 unspecified atom stereocenters. The zero-order valence-corrected chi connectivity index (χ0v) is 12.6. The van der Waals surface area contributed by atoms with Crippen LogP contribution in [0.2, 0.25) is 0 Å². The number of hydrogen-bond donors (Lipinski definition) is 1. The fourth-order valence-electron chi connectivity index (χ4n) is 3.56. The first kappa shape index (κ1) is 14.8. The van der Waals surface area contributed by atoms with Crippen molar-refractivity contribution in [3.05, 3.63) is 0 Å². The zero-order valence-electron chi connectivity index (χ0n) is 12.6.